The molecule has 0 aliphatic rings. The molecule has 0 aliphatic heterocycles. The minimum atomic E-state index is -0.590. The second kappa shape index (κ2) is 8.98. The number of nitrogens with one attached hydrogen (secondary N) is 1. The Morgan fingerprint density at radius 2 is 1.89 bits per heavy atom. The Bertz CT molecular complexity index is 833. The van der Waals surface area contributed by atoms with Crippen molar-refractivity contribution < 1.29 is 13.9 Å². The molecule has 2 aromatic carbocycles. The second-order valence-electron chi connectivity index (χ2n) is 6.29. The Kier molecular flexibility index (Phi) is 6.20. The molecular formula is C21H23N3O3. The monoisotopic (exact) mass is 365 g/mol. The molecule has 0 bridgehead atoms. The zero-order valence-corrected chi connectivity index (χ0v) is 15.5. The first-order valence-corrected chi connectivity index (χ1v) is 9.03. The van der Waals surface area contributed by atoms with Crippen molar-refractivity contribution in [2.45, 2.75) is 32.3 Å². The topological polar surface area (TPSA) is 77.2 Å². The first-order valence-electron chi connectivity index (χ1n) is 9.03. The summed E-state index contributed by atoms with van der Waals surface area (Å²) in [5.74, 6) is 1.20. The number of ether oxygens (including phenoxy) is 1. The SMILES string of the molecule is CC[C@H](CNC(=O)[C@H](C)Oc1ccc(-c2nnco2)cc1)c1ccccc1. The molecule has 1 N–H and O–H groups in total. The lowest BCUT2D eigenvalue weighted by Crippen LogP contribution is -2.38. The molecule has 140 valence electrons. The van der Waals surface area contributed by atoms with Crippen LogP contribution in [0.15, 0.2) is 65.4 Å². The van der Waals surface area contributed by atoms with Crippen molar-refractivity contribution in [3.63, 3.8) is 0 Å². The molecule has 0 saturated carbocycles. The minimum absolute atomic E-state index is 0.134. The van der Waals surface area contributed by atoms with Crippen LogP contribution < -0.4 is 10.1 Å². The van der Waals surface area contributed by atoms with E-state index in [1.54, 1.807) is 19.1 Å². The predicted molar refractivity (Wildman–Crippen MR) is 102 cm³/mol. The third kappa shape index (κ3) is 4.94. The maximum atomic E-state index is 12.4. The molecule has 3 rings (SSSR count). The quantitative estimate of drug-likeness (QED) is 0.657. The van der Waals surface area contributed by atoms with Crippen molar-refractivity contribution in [2.75, 3.05) is 6.54 Å². The van der Waals surface area contributed by atoms with E-state index in [0.29, 0.717) is 18.2 Å². The van der Waals surface area contributed by atoms with Crippen molar-refractivity contribution in [3.8, 4) is 17.2 Å². The molecule has 6 nitrogen and oxygen atoms in total. The highest BCUT2D eigenvalue weighted by atomic mass is 16.5. The summed E-state index contributed by atoms with van der Waals surface area (Å²) in [6.45, 7) is 4.45. The lowest BCUT2D eigenvalue weighted by molar-refractivity contribution is -0.127. The Morgan fingerprint density at radius 3 is 2.52 bits per heavy atom. The third-order valence-corrected chi connectivity index (χ3v) is 4.43. The predicted octanol–water partition coefficient (Wildman–Crippen LogP) is 3.81. The fraction of sp³-hybridized carbons (Fsp3) is 0.286. The van der Waals surface area contributed by atoms with Gasteiger partial charge in [-0.15, -0.1) is 10.2 Å². The summed E-state index contributed by atoms with van der Waals surface area (Å²) in [7, 11) is 0. The van der Waals surface area contributed by atoms with E-state index < -0.39 is 6.10 Å². The number of benzene rings is 2. The Balaban J connectivity index is 1.53. The molecule has 1 amide bonds. The second-order valence-corrected chi connectivity index (χ2v) is 6.29. The molecule has 0 aliphatic carbocycles. The number of nitrogens with zero attached hydrogens (tertiary/aromatic N) is 2. The van der Waals surface area contributed by atoms with Gasteiger partial charge in [0.05, 0.1) is 0 Å². The number of hydrogen-bond donors (Lipinski definition) is 1. The van der Waals surface area contributed by atoms with Crippen LogP contribution in [0.4, 0.5) is 0 Å². The van der Waals surface area contributed by atoms with Gasteiger partial charge < -0.3 is 14.5 Å². The molecule has 0 radical (unpaired) electrons. The number of carbonyl (C=O) groups is 1. The van der Waals surface area contributed by atoms with Crippen molar-refractivity contribution in [2.24, 2.45) is 0 Å². The smallest absolute Gasteiger partial charge is 0.260 e. The Labute approximate surface area is 158 Å². The molecule has 3 aromatic rings. The van der Waals surface area contributed by atoms with E-state index in [9.17, 15) is 4.79 Å². The molecule has 6 heteroatoms. The fourth-order valence-corrected chi connectivity index (χ4v) is 2.82. The van der Waals surface area contributed by atoms with Gasteiger partial charge in [-0.3, -0.25) is 4.79 Å². The van der Waals surface area contributed by atoms with Gasteiger partial charge in [-0.1, -0.05) is 37.3 Å². The van der Waals surface area contributed by atoms with Gasteiger partial charge in [-0.2, -0.15) is 0 Å². The van der Waals surface area contributed by atoms with E-state index in [1.807, 2.05) is 30.3 Å². The lowest BCUT2D eigenvalue weighted by atomic mass is 9.96. The van der Waals surface area contributed by atoms with E-state index in [2.05, 4.69) is 34.6 Å². The molecular weight excluding hydrogens is 342 g/mol. The van der Waals surface area contributed by atoms with Crippen LogP contribution in [0, 0.1) is 0 Å². The van der Waals surface area contributed by atoms with Gasteiger partial charge in [0.25, 0.3) is 5.91 Å². The number of aromatic nitrogens is 2. The first kappa shape index (κ1) is 18.6. The normalized spacial score (nSPS) is 13.0. The summed E-state index contributed by atoms with van der Waals surface area (Å²) in [4.78, 5) is 12.4. The van der Waals surface area contributed by atoms with E-state index >= 15 is 0 Å². The van der Waals surface area contributed by atoms with Gasteiger partial charge in [0.2, 0.25) is 12.3 Å². The lowest BCUT2D eigenvalue weighted by Gasteiger charge is -2.19. The number of amides is 1. The average molecular weight is 365 g/mol. The molecule has 0 unspecified atom stereocenters. The molecule has 0 spiro atoms. The van der Waals surface area contributed by atoms with Gasteiger partial charge in [0, 0.05) is 18.0 Å². The largest absolute Gasteiger partial charge is 0.481 e. The van der Waals surface area contributed by atoms with Gasteiger partial charge >= 0.3 is 0 Å². The van der Waals surface area contributed by atoms with Gasteiger partial charge in [0.15, 0.2) is 6.10 Å². The third-order valence-electron chi connectivity index (χ3n) is 4.43. The fourth-order valence-electron chi connectivity index (χ4n) is 2.82. The number of rotatable bonds is 8. The van der Waals surface area contributed by atoms with Crippen LogP contribution in [-0.4, -0.2) is 28.8 Å². The maximum absolute atomic E-state index is 12.4. The van der Waals surface area contributed by atoms with Crippen molar-refractivity contribution in [1.82, 2.24) is 15.5 Å². The van der Waals surface area contributed by atoms with Crippen molar-refractivity contribution in [1.29, 1.82) is 0 Å². The van der Waals surface area contributed by atoms with Gasteiger partial charge in [-0.05, 0) is 43.2 Å². The summed E-state index contributed by atoms with van der Waals surface area (Å²) in [6.07, 6.45) is 1.65. The van der Waals surface area contributed by atoms with E-state index in [4.69, 9.17) is 9.15 Å². The Hall–Kier alpha value is -3.15. The summed E-state index contributed by atoms with van der Waals surface area (Å²) in [6, 6.07) is 17.4. The maximum Gasteiger partial charge on any atom is 0.260 e. The van der Waals surface area contributed by atoms with Crippen LogP contribution >= 0.6 is 0 Å². The molecule has 1 aromatic heterocycles. The summed E-state index contributed by atoms with van der Waals surface area (Å²) in [5.41, 5.74) is 2.02. The van der Waals surface area contributed by atoms with Gasteiger partial charge in [-0.25, -0.2) is 0 Å². The summed E-state index contributed by atoms with van der Waals surface area (Å²) in [5, 5.41) is 10.5. The van der Waals surface area contributed by atoms with Crippen LogP contribution in [0.3, 0.4) is 0 Å². The minimum Gasteiger partial charge on any atom is -0.481 e. The highest BCUT2D eigenvalue weighted by molar-refractivity contribution is 5.80. The Morgan fingerprint density at radius 1 is 1.15 bits per heavy atom. The summed E-state index contributed by atoms with van der Waals surface area (Å²) >= 11 is 0. The molecule has 0 saturated heterocycles. The van der Waals surface area contributed by atoms with Crippen LogP contribution in [0.25, 0.3) is 11.5 Å². The number of hydrogen-bond acceptors (Lipinski definition) is 5. The number of carbonyl (C=O) groups excluding carboxylic acids is 1. The highest BCUT2D eigenvalue weighted by Crippen LogP contribution is 2.21. The van der Waals surface area contributed by atoms with Crippen LogP contribution in [0.5, 0.6) is 5.75 Å². The van der Waals surface area contributed by atoms with E-state index in [1.165, 1.54) is 12.0 Å². The molecule has 27 heavy (non-hydrogen) atoms. The van der Waals surface area contributed by atoms with Crippen LogP contribution in [0.1, 0.15) is 31.7 Å². The highest BCUT2D eigenvalue weighted by Gasteiger charge is 2.17. The summed E-state index contributed by atoms with van der Waals surface area (Å²) < 4.78 is 10.9. The van der Waals surface area contributed by atoms with Crippen LogP contribution in [-0.2, 0) is 4.79 Å². The first-order chi connectivity index (χ1) is 13.2. The standard InChI is InChI=1S/C21H23N3O3/c1-3-16(17-7-5-4-6-8-17)13-22-20(25)15(2)27-19-11-9-18(10-12-19)21-24-23-14-26-21/h4-12,14-16H,3,13H2,1-2H3,(H,22,25)/t15-,16+/m0/s1. The zero-order valence-electron chi connectivity index (χ0n) is 15.5. The van der Waals surface area contributed by atoms with Crippen molar-refractivity contribution >= 4 is 5.91 Å². The average Bonchev–Trinajstić information content (AvgIpc) is 3.24. The molecule has 0 fully saturated rings. The van der Waals surface area contributed by atoms with E-state index in [0.717, 1.165) is 12.0 Å². The van der Waals surface area contributed by atoms with E-state index in [-0.39, 0.29) is 11.8 Å². The van der Waals surface area contributed by atoms with Crippen molar-refractivity contribution in [3.05, 3.63) is 66.6 Å². The van der Waals surface area contributed by atoms with Crippen LogP contribution in [0.2, 0.25) is 0 Å². The molecule has 1 heterocycles. The van der Waals surface area contributed by atoms with Gasteiger partial charge in [0.1, 0.15) is 5.75 Å². The zero-order chi connectivity index (χ0) is 19.1. The molecule has 2 atom stereocenters.